The third-order valence-corrected chi connectivity index (χ3v) is 3.43. The van der Waals surface area contributed by atoms with Crippen LogP contribution in [0, 0.1) is 0 Å². The second-order valence-electron chi connectivity index (χ2n) is 4.16. The normalized spacial score (nSPS) is 12.2. The van der Waals surface area contributed by atoms with E-state index in [1.807, 2.05) is 30.8 Å². The van der Waals surface area contributed by atoms with E-state index in [0.717, 1.165) is 23.8 Å². The standard InChI is InChI=1S/C14H23NO2S/c1-5-17-14-8-12(6-7-13(14)16-3)9-15-11(2)10-18-4/h6-8,11,15H,5,9-10H2,1-4H3. The van der Waals surface area contributed by atoms with Crippen molar-refractivity contribution in [3.8, 4) is 11.5 Å². The van der Waals surface area contributed by atoms with Crippen molar-refractivity contribution in [2.75, 3.05) is 25.7 Å². The second-order valence-corrected chi connectivity index (χ2v) is 5.07. The number of benzene rings is 1. The maximum Gasteiger partial charge on any atom is 0.161 e. The molecular weight excluding hydrogens is 246 g/mol. The number of hydrogen-bond donors (Lipinski definition) is 1. The SMILES string of the molecule is CCOc1cc(CNC(C)CSC)ccc1OC. The molecule has 102 valence electrons. The van der Waals surface area contributed by atoms with Gasteiger partial charge in [-0.25, -0.2) is 0 Å². The molecule has 0 fully saturated rings. The minimum Gasteiger partial charge on any atom is -0.493 e. The molecule has 0 amide bonds. The maximum absolute atomic E-state index is 5.57. The Morgan fingerprint density at radius 3 is 2.72 bits per heavy atom. The Labute approximate surface area is 114 Å². The van der Waals surface area contributed by atoms with Gasteiger partial charge in [0.25, 0.3) is 0 Å². The number of ether oxygens (including phenoxy) is 2. The molecular formula is C14H23NO2S. The van der Waals surface area contributed by atoms with E-state index in [0.29, 0.717) is 12.6 Å². The molecule has 3 nitrogen and oxygen atoms in total. The highest BCUT2D eigenvalue weighted by Gasteiger charge is 2.06. The number of nitrogens with one attached hydrogen (secondary N) is 1. The Bertz CT molecular complexity index is 358. The van der Waals surface area contributed by atoms with Crippen molar-refractivity contribution in [3.63, 3.8) is 0 Å². The number of thioether (sulfide) groups is 1. The highest BCUT2D eigenvalue weighted by molar-refractivity contribution is 7.98. The van der Waals surface area contributed by atoms with Gasteiger partial charge in [-0.3, -0.25) is 0 Å². The van der Waals surface area contributed by atoms with E-state index in [-0.39, 0.29) is 0 Å². The molecule has 0 aliphatic rings. The van der Waals surface area contributed by atoms with Gasteiger partial charge in [0.2, 0.25) is 0 Å². The molecule has 4 heteroatoms. The van der Waals surface area contributed by atoms with E-state index in [1.54, 1.807) is 7.11 Å². The minimum atomic E-state index is 0.512. The Balaban J connectivity index is 2.63. The van der Waals surface area contributed by atoms with Crippen LogP contribution in [0.15, 0.2) is 18.2 Å². The van der Waals surface area contributed by atoms with Crippen LogP contribution in [0.1, 0.15) is 19.4 Å². The van der Waals surface area contributed by atoms with Gasteiger partial charge in [0.1, 0.15) is 0 Å². The highest BCUT2D eigenvalue weighted by atomic mass is 32.2. The predicted octanol–water partition coefficient (Wildman–Crippen LogP) is 2.94. The molecule has 1 unspecified atom stereocenters. The van der Waals surface area contributed by atoms with Crippen LogP contribution in [0.25, 0.3) is 0 Å². The zero-order valence-corrected chi connectivity index (χ0v) is 12.5. The van der Waals surface area contributed by atoms with Crippen molar-refractivity contribution in [3.05, 3.63) is 23.8 Å². The summed E-state index contributed by atoms with van der Waals surface area (Å²) in [6.07, 6.45) is 2.12. The summed E-state index contributed by atoms with van der Waals surface area (Å²) in [4.78, 5) is 0. The molecule has 0 heterocycles. The van der Waals surface area contributed by atoms with Crippen molar-refractivity contribution < 1.29 is 9.47 Å². The Morgan fingerprint density at radius 2 is 2.11 bits per heavy atom. The van der Waals surface area contributed by atoms with Gasteiger partial charge in [-0.1, -0.05) is 6.07 Å². The topological polar surface area (TPSA) is 30.5 Å². The lowest BCUT2D eigenvalue weighted by Crippen LogP contribution is -2.27. The van der Waals surface area contributed by atoms with E-state index >= 15 is 0 Å². The van der Waals surface area contributed by atoms with Gasteiger partial charge in [0.05, 0.1) is 13.7 Å². The van der Waals surface area contributed by atoms with Crippen LogP contribution in [0.2, 0.25) is 0 Å². The van der Waals surface area contributed by atoms with Crippen molar-refractivity contribution in [2.45, 2.75) is 26.4 Å². The van der Waals surface area contributed by atoms with E-state index in [1.165, 1.54) is 5.56 Å². The van der Waals surface area contributed by atoms with Crippen LogP contribution in [-0.4, -0.2) is 31.8 Å². The summed E-state index contributed by atoms with van der Waals surface area (Å²) in [5, 5.41) is 3.49. The lowest BCUT2D eigenvalue weighted by molar-refractivity contribution is 0.310. The summed E-state index contributed by atoms with van der Waals surface area (Å²) in [7, 11) is 1.66. The van der Waals surface area contributed by atoms with Gasteiger partial charge in [-0.15, -0.1) is 0 Å². The molecule has 0 aliphatic heterocycles. The smallest absolute Gasteiger partial charge is 0.161 e. The van der Waals surface area contributed by atoms with Crippen molar-refractivity contribution in [2.24, 2.45) is 0 Å². The first-order chi connectivity index (χ1) is 8.71. The molecule has 0 bridgehead atoms. The lowest BCUT2D eigenvalue weighted by atomic mass is 10.2. The molecule has 0 aromatic heterocycles. The Morgan fingerprint density at radius 1 is 1.33 bits per heavy atom. The fourth-order valence-electron chi connectivity index (χ4n) is 1.70. The van der Waals surface area contributed by atoms with Gasteiger partial charge >= 0.3 is 0 Å². The largest absolute Gasteiger partial charge is 0.493 e. The molecule has 1 atom stereocenters. The molecule has 0 spiro atoms. The van der Waals surface area contributed by atoms with E-state index in [4.69, 9.17) is 9.47 Å². The lowest BCUT2D eigenvalue weighted by Gasteiger charge is -2.14. The number of rotatable bonds is 8. The fourth-order valence-corrected chi connectivity index (χ4v) is 2.32. The average Bonchev–Trinajstić information content (AvgIpc) is 2.37. The molecule has 1 aromatic carbocycles. The molecule has 1 rings (SSSR count). The quantitative estimate of drug-likeness (QED) is 0.786. The van der Waals surface area contributed by atoms with Gasteiger partial charge in [0, 0.05) is 18.3 Å². The fraction of sp³-hybridized carbons (Fsp3) is 0.571. The van der Waals surface area contributed by atoms with Crippen LogP contribution in [0.5, 0.6) is 11.5 Å². The number of hydrogen-bond acceptors (Lipinski definition) is 4. The van der Waals surface area contributed by atoms with Crippen molar-refractivity contribution in [1.29, 1.82) is 0 Å². The zero-order valence-electron chi connectivity index (χ0n) is 11.7. The van der Waals surface area contributed by atoms with Crippen LogP contribution in [0.4, 0.5) is 0 Å². The summed E-state index contributed by atoms with van der Waals surface area (Å²) in [6, 6.07) is 6.58. The molecule has 0 saturated carbocycles. The monoisotopic (exact) mass is 269 g/mol. The van der Waals surface area contributed by atoms with Crippen molar-refractivity contribution >= 4 is 11.8 Å². The van der Waals surface area contributed by atoms with Gasteiger partial charge < -0.3 is 14.8 Å². The number of methoxy groups -OCH3 is 1. The highest BCUT2D eigenvalue weighted by Crippen LogP contribution is 2.27. The molecule has 0 saturated heterocycles. The summed E-state index contributed by atoms with van der Waals surface area (Å²) < 4.78 is 10.8. The predicted molar refractivity (Wildman–Crippen MR) is 78.8 cm³/mol. The van der Waals surface area contributed by atoms with Gasteiger partial charge in [-0.2, -0.15) is 11.8 Å². The summed E-state index contributed by atoms with van der Waals surface area (Å²) in [5.74, 6) is 2.73. The van der Waals surface area contributed by atoms with Crippen molar-refractivity contribution in [1.82, 2.24) is 5.32 Å². The van der Waals surface area contributed by atoms with Crippen LogP contribution >= 0.6 is 11.8 Å². The van der Waals surface area contributed by atoms with Crippen LogP contribution in [0.3, 0.4) is 0 Å². The zero-order chi connectivity index (χ0) is 13.4. The average molecular weight is 269 g/mol. The third kappa shape index (κ3) is 4.78. The minimum absolute atomic E-state index is 0.512. The molecule has 0 aliphatic carbocycles. The van der Waals surface area contributed by atoms with E-state index in [9.17, 15) is 0 Å². The molecule has 1 aromatic rings. The van der Waals surface area contributed by atoms with Crippen LogP contribution < -0.4 is 14.8 Å². The summed E-state index contributed by atoms with van der Waals surface area (Å²) in [5.41, 5.74) is 1.22. The van der Waals surface area contributed by atoms with E-state index < -0.39 is 0 Å². The second kappa shape index (κ2) is 8.27. The van der Waals surface area contributed by atoms with Gasteiger partial charge in [0.15, 0.2) is 11.5 Å². The summed E-state index contributed by atoms with van der Waals surface area (Å²) in [6.45, 7) is 5.68. The Hall–Kier alpha value is -0.870. The molecule has 0 radical (unpaired) electrons. The van der Waals surface area contributed by atoms with Crippen LogP contribution in [-0.2, 0) is 6.54 Å². The third-order valence-electron chi connectivity index (χ3n) is 2.60. The first-order valence-electron chi connectivity index (χ1n) is 6.23. The first-order valence-corrected chi connectivity index (χ1v) is 7.62. The first kappa shape index (κ1) is 15.2. The maximum atomic E-state index is 5.57. The van der Waals surface area contributed by atoms with Gasteiger partial charge in [-0.05, 0) is 37.8 Å². The molecule has 1 N–H and O–H groups in total. The van der Waals surface area contributed by atoms with E-state index in [2.05, 4.69) is 24.6 Å². The summed E-state index contributed by atoms with van der Waals surface area (Å²) >= 11 is 1.86. The molecule has 18 heavy (non-hydrogen) atoms. The Kier molecular flexibility index (Phi) is 6.98.